The van der Waals surface area contributed by atoms with Crippen LogP contribution in [0.1, 0.15) is 105 Å². The molecule has 2 aromatic heterocycles. The number of cyclic esters (lactones) is 1. The summed E-state index contributed by atoms with van der Waals surface area (Å²) in [5, 5.41) is 50.8. The molecule has 0 unspecified atom stereocenters. The molecule has 3 fully saturated rings. The third-order valence-corrected chi connectivity index (χ3v) is 16.8. The Morgan fingerprint density at radius 3 is 2.19 bits per heavy atom. The zero-order valence-corrected chi connectivity index (χ0v) is 47.8. The second kappa shape index (κ2) is 26.1. The van der Waals surface area contributed by atoms with Crippen molar-refractivity contribution in [1.82, 2.24) is 19.9 Å². The number of pyridine rings is 2. The van der Waals surface area contributed by atoms with E-state index in [1.807, 2.05) is 46.7 Å². The summed E-state index contributed by atoms with van der Waals surface area (Å²) in [6, 6.07) is 1.30. The monoisotopic (exact) mass is 1080 g/mol. The first-order valence-corrected chi connectivity index (χ1v) is 27.2. The van der Waals surface area contributed by atoms with Crippen molar-refractivity contribution in [3.05, 3.63) is 34.2 Å². The molecule has 0 bridgehead atoms. The maximum atomic E-state index is 14.6. The van der Waals surface area contributed by atoms with Gasteiger partial charge in [-0.1, -0.05) is 27.7 Å². The summed E-state index contributed by atoms with van der Waals surface area (Å²) >= 11 is 1.42. The molecule has 18 atom stereocenters. The van der Waals surface area contributed by atoms with Gasteiger partial charge in [0.2, 0.25) is 5.43 Å². The molecule has 21 nitrogen and oxygen atoms in total. The Morgan fingerprint density at radius 2 is 1.59 bits per heavy atom. The van der Waals surface area contributed by atoms with E-state index < -0.39 is 113 Å². The Balaban J connectivity index is 1.36. The van der Waals surface area contributed by atoms with Crippen molar-refractivity contribution in [2.24, 2.45) is 23.7 Å². The predicted octanol–water partition coefficient (Wildman–Crippen LogP) is 3.45. The Morgan fingerprint density at radius 1 is 0.933 bits per heavy atom. The smallest absolute Gasteiger partial charge is 0.341 e. The Kier molecular flexibility index (Phi) is 21.7. The van der Waals surface area contributed by atoms with Crippen LogP contribution in [0.3, 0.4) is 0 Å². The number of carbonyl (C=O) groups is 3. The van der Waals surface area contributed by atoms with E-state index in [0.717, 1.165) is 0 Å². The number of likely N-dealkylation sites (N-methyl/N-ethyl adjacent to an activating group) is 1. The van der Waals surface area contributed by atoms with Crippen molar-refractivity contribution in [2.75, 3.05) is 72.9 Å². The molecule has 426 valence electrons. The number of carboxylic acids is 1. The van der Waals surface area contributed by atoms with Gasteiger partial charge in [0.25, 0.3) is 0 Å². The zero-order valence-electron chi connectivity index (χ0n) is 46.9. The molecule has 75 heavy (non-hydrogen) atoms. The summed E-state index contributed by atoms with van der Waals surface area (Å²) in [4.78, 5) is 60.1. The lowest BCUT2D eigenvalue weighted by atomic mass is 9.74. The van der Waals surface area contributed by atoms with Crippen molar-refractivity contribution in [2.45, 2.75) is 184 Å². The molecule has 5 N–H and O–H groups in total. The minimum Gasteiger partial charge on any atom is -0.477 e. The number of aliphatic hydroxyl groups excluding tert-OH is 2. The van der Waals surface area contributed by atoms with Crippen LogP contribution in [-0.2, 0) is 47.5 Å². The van der Waals surface area contributed by atoms with Crippen LogP contribution >= 0.6 is 11.8 Å². The third-order valence-electron chi connectivity index (χ3n) is 15.8. The Labute approximate surface area is 446 Å². The molecule has 22 heteroatoms. The van der Waals surface area contributed by atoms with Crippen LogP contribution in [-0.4, -0.2) is 205 Å². The van der Waals surface area contributed by atoms with E-state index in [-0.39, 0.29) is 48.1 Å². The lowest BCUT2D eigenvalue weighted by Gasteiger charge is -2.50. The number of fused-ring (bicyclic) bond motifs is 1. The van der Waals surface area contributed by atoms with Crippen LogP contribution in [0.4, 0.5) is 0 Å². The molecular weight excluding hydrogens is 995 g/mol. The Hall–Kier alpha value is -3.36. The van der Waals surface area contributed by atoms with E-state index in [4.69, 9.17) is 37.9 Å². The van der Waals surface area contributed by atoms with E-state index >= 15 is 0 Å². The highest BCUT2D eigenvalue weighted by molar-refractivity contribution is 7.99. The number of rotatable bonds is 18. The number of hydrogen-bond donors (Lipinski definition) is 5. The molecule has 0 aliphatic carbocycles. The van der Waals surface area contributed by atoms with Gasteiger partial charge in [0.1, 0.15) is 35.3 Å². The van der Waals surface area contributed by atoms with E-state index in [1.165, 1.54) is 32.0 Å². The van der Waals surface area contributed by atoms with Crippen LogP contribution in [0.5, 0.6) is 0 Å². The molecule has 0 radical (unpaired) electrons. The van der Waals surface area contributed by atoms with Gasteiger partial charge < -0.3 is 73.5 Å². The minimum atomic E-state index is -2.01. The predicted molar refractivity (Wildman–Crippen MR) is 281 cm³/mol. The number of ketones is 1. The fourth-order valence-electron chi connectivity index (χ4n) is 11.2. The van der Waals surface area contributed by atoms with E-state index in [9.17, 15) is 39.6 Å². The van der Waals surface area contributed by atoms with Crippen LogP contribution in [0, 0.1) is 23.7 Å². The van der Waals surface area contributed by atoms with Crippen molar-refractivity contribution < 1.29 is 72.7 Å². The van der Waals surface area contributed by atoms with Crippen LogP contribution in [0.2, 0.25) is 0 Å². The van der Waals surface area contributed by atoms with Gasteiger partial charge in [-0.3, -0.25) is 19.1 Å². The topological polar surface area (TPSA) is 259 Å². The summed E-state index contributed by atoms with van der Waals surface area (Å²) in [5.41, 5.74) is -4.67. The number of hydrogen-bond acceptors (Lipinski definition) is 20. The molecule has 5 heterocycles. The highest BCUT2D eigenvalue weighted by atomic mass is 32.2. The lowest BCUT2D eigenvalue weighted by Crippen LogP contribution is -2.61. The molecule has 3 saturated heterocycles. The number of thioether (sulfide) groups is 1. The fourth-order valence-corrected chi connectivity index (χ4v) is 12.0. The van der Waals surface area contributed by atoms with Gasteiger partial charge in [-0.05, 0) is 81.0 Å². The number of Topliss-reactive ketones (excluding diaryl/α,β-unsaturated/α-hetero) is 1. The number of nitrogens with one attached hydrogen (secondary N) is 1. The highest BCUT2D eigenvalue weighted by Gasteiger charge is 2.54. The number of esters is 1. The van der Waals surface area contributed by atoms with Crippen molar-refractivity contribution in [3.63, 3.8) is 0 Å². The van der Waals surface area contributed by atoms with Gasteiger partial charge in [0.05, 0.1) is 76.4 Å². The SMILES string of the molecule is CC[C@H]1OC(=O)[C@H](C)[C@@H](O[C@H]2C[C@@](C)(OC)[C@@H](OCCNCCSc3cc4c(=O)c(C(=O)O)cn(N(C)C)c4cn3)[C@H](C)O2)[C@H](C)[C@@H](O[C@@H]2O[C@H](C)C[C@H](N(C)C)[C@H]2O)[C@](C)(OC)C[C@@H](C)C(=O)[C@@H](C)[C@@H](O)[C@]1(C)O. The molecule has 3 aliphatic rings. The number of methoxy groups -OCH3 is 2. The number of ether oxygens (including phenoxy) is 8. The first-order valence-electron chi connectivity index (χ1n) is 26.2. The van der Waals surface area contributed by atoms with Gasteiger partial charge in [0.15, 0.2) is 12.6 Å². The molecule has 5 rings (SSSR count). The molecule has 0 amide bonds. The maximum absolute atomic E-state index is 14.6. The van der Waals surface area contributed by atoms with Gasteiger partial charge >= 0.3 is 11.9 Å². The average Bonchev–Trinajstić information content (AvgIpc) is 3.35. The first kappa shape index (κ1) is 62.5. The summed E-state index contributed by atoms with van der Waals surface area (Å²) < 4.78 is 53.5. The maximum Gasteiger partial charge on any atom is 0.341 e. The van der Waals surface area contributed by atoms with E-state index in [0.29, 0.717) is 42.4 Å². The molecule has 3 aliphatic heterocycles. The number of carboxylic acid groups (broad SMARTS) is 1. The zero-order chi connectivity index (χ0) is 56.1. The summed E-state index contributed by atoms with van der Waals surface area (Å²) in [7, 11) is 10.3. The molecule has 2 aromatic rings. The first-order chi connectivity index (χ1) is 35.1. The van der Waals surface area contributed by atoms with Gasteiger partial charge in [-0.15, -0.1) is 11.8 Å². The van der Waals surface area contributed by atoms with E-state index in [2.05, 4.69) is 10.3 Å². The minimum absolute atomic E-state index is 0.0827. The molecule has 0 aromatic carbocycles. The molecule has 0 saturated carbocycles. The molecule has 0 spiro atoms. The van der Waals surface area contributed by atoms with Crippen LogP contribution in [0.15, 0.2) is 28.3 Å². The quantitative estimate of drug-likeness (QED) is 0.0814. The Bertz CT molecular complexity index is 2310. The molecular formula is C53H87N5O16S. The summed E-state index contributed by atoms with van der Waals surface area (Å²) in [6.45, 7) is 18.7. The standard InChI is InChI=1S/C53H87N5O16S/c1-17-38-53(10,66)45(62)30(4)41(59)28(2)24-51(8,67-15)46(74-50-43(61)36(56(11)12)22-29(3)70-50)31(5)44(32(6)49(65)72-38)73-40-25-52(9,68-16)47(33(7)71-40)69-20-18-54-19-21-75-39-23-34-37(26-55-39)58(57(13)14)27-35(42(34)60)48(63)64/h23,26-33,36,38,40,43-47,50,54,61-62,66H,17-22,24-25H2,1-16H3,(H,63,64)/t28-,29-,30-,31+,32-,33+,36+,38-,40+,43-,44+,45-,46-,47+,50+,51-,52-,53-/m1/s1. The van der Waals surface area contributed by atoms with E-state index in [1.54, 1.807) is 77.8 Å². The number of carbonyl (C=O) groups excluding carboxylic acids is 2. The average molecular weight is 1080 g/mol. The number of aliphatic hydroxyl groups is 3. The highest BCUT2D eigenvalue weighted by Crippen LogP contribution is 2.42. The summed E-state index contributed by atoms with van der Waals surface area (Å²) in [6.07, 6.45) is -5.72. The fraction of sp³-hybridized carbons (Fsp3) is 0.792. The van der Waals surface area contributed by atoms with Gasteiger partial charge in [-0.25, -0.2) is 9.78 Å². The lowest BCUT2D eigenvalue weighted by molar-refractivity contribution is -0.322. The van der Waals surface area contributed by atoms with Crippen molar-refractivity contribution >= 4 is 40.4 Å². The van der Waals surface area contributed by atoms with Crippen LogP contribution in [0.25, 0.3) is 10.9 Å². The number of aromatic nitrogens is 2. The van der Waals surface area contributed by atoms with Crippen LogP contribution < -0.4 is 15.8 Å². The van der Waals surface area contributed by atoms with Gasteiger partial charge in [0, 0.05) is 83.6 Å². The van der Waals surface area contributed by atoms with Crippen molar-refractivity contribution in [1.29, 1.82) is 0 Å². The van der Waals surface area contributed by atoms with Crippen molar-refractivity contribution in [3.8, 4) is 0 Å². The second-order valence-electron chi connectivity index (χ2n) is 22.0. The largest absolute Gasteiger partial charge is 0.477 e. The third kappa shape index (κ3) is 14.1. The normalized spacial score (nSPS) is 37.6. The number of nitrogens with zero attached hydrogens (tertiary/aromatic N) is 4. The summed E-state index contributed by atoms with van der Waals surface area (Å²) in [5.74, 6) is -5.37. The number of aromatic carboxylic acids is 1. The van der Waals surface area contributed by atoms with Gasteiger partial charge in [-0.2, -0.15) is 0 Å². The second-order valence-corrected chi connectivity index (χ2v) is 23.1.